The topological polar surface area (TPSA) is 65.8 Å². The highest BCUT2D eigenvalue weighted by atomic mass is 16.3. The van der Waals surface area contributed by atoms with Crippen LogP contribution >= 0.6 is 0 Å². The van der Waals surface area contributed by atoms with Gasteiger partial charge in [-0.1, -0.05) is 18.2 Å². The van der Waals surface area contributed by atoms with Crippen LogP contribution in [0.1, 0.15) is 32.1 Å². The summed E-state index contributed by atoms with van der Waals surface area (Å²) in [5, 5.41) is 8.96. The van der Waals surface area contributed by atoms with Crippen LogP contribution in [0.4, 0.5) is 0 Å². The third kappa shape index (κ3) is 2.88. The molecule has 0 atom stereocenters. The summed E-state index contributed by atoms with van der Waals surface area (Å²) in [5.74, 6) is -0.458. The first kappa shape index (κ1) is 17.4. The Morgan fingerprint density at radius 2 is 1.52 bits per heavy atom. The van der Waals surface area contributed by atoms with Gasteiger partial charge in [-0.2, -0.15) is 0 Å². The van der Waals surface area contributed by atoms with Gasteiger partial charge in [-0.05, 0) is 33.0 Å². The Morgan fingerprint density at radius 3 is 2.04 bits per heavy atom. The number of likely N-dealkylation sites (N-methyl/N-ethyl adjacent to an activating group) is 1. The zero-order valence-electron chi connectivity index (χ0n) is 14.8. The second-order valence-corrected chi connectivity index (χ2v) is 6.38. The number of hydrogen-bond acceptors (Lipinski definition) is 4. The number of carbonyl (C=O) groups is 2. The molecule has 2 aromatic rings. The number of carbonyl (C=O) groups excluding carboxylic acids is 2. The number of aromatic nitrogens is 1. The predicted molar refractivity (Wildman–Crippen MR) is 95.2 cm³/mol. The lowest BCUT2D eigenvalue weighted by atomic mass is 10.1. The lowest BCUT2D eigenvalue weighted by molar-refractivity contribution is 0.0637. The molecule has 6 nitrogen and oxygen atoms in total. The second-order valence-electron chi connectivity index (χ2n) is 6.38. The average Bonchev–Trinajstić information content (AvgIpc) is 3.00. The highest BCUT2D eigenvalue weighted by molar-refractivity contribution is 6.22. The molecule has 0 fully saturated rings. The number of nitrogens with zero attached hydrogens (tertiary/aromatic N) is 3. The molecule has 1 aromatic carbocycles. The number of benzene rings is 1. The molecule has 0 bridgehead atoms. The molecule has 2 amide bonds. The van der Waals surface area contributed by atoms with Crippen LogP contribution in [-0.2, 0) is 0 Å². The molecular formula is C19H23N3O3. The molecule has 1 aliphatic rings. The van der Waals surface area contributed by atoms with E-state index in [1.807, 2.05) is 60.7 Å². The van der Waals surface area contributed by atoms with E-state index in [2.05, 4.69) is 0 Å². The standard InChI is InChI=1S/C19H23N3O3/c1-13-16-17(14(2)22(13)15-7-5-4-6-8-15)19(25)21(18(16)24)10-9-20(3)11-12-23/h4-8,23H,9-12H2,1-3H3. The number of fused-ring (bicyclic) bond motifs is 1. The predicted octanol–water partition coefficient (Wildman–Crippen LogP) is 1.61. The molecule has 132 valence electrons. The van der Waals surface area contributed by atoms with Crippen molar-refractivity contribution >= 4 is 11.8 Å². The zero-order chi connectivity index (χ0) is 18.1. The highest BCUT2D eigenvalue weighted by Crippen LogP contribution is 2.33. The van der Waals surface area contributed by atoms with E-state index in [0.29, 0.717) is 30.8 Å². The van der Waals surface area contributed by atoms with Crippen molar-refractivity contribution in [1.29, 1.82) is 0 Å². The van der Waals surface area contributed by atoms with Crippen molar-refractivity contribution < 1.29 is 14.7 Å². The Bertz CT molecular complexity index is 772. The van der Waals surface area contributed by atoms with E-state index in [4.69, 9.17) is 5.11 Å². The Balaban J connectivity index is 1.92. The Kier molecular flexibility index (Phi) is 4.74. The van der Waals surface area contributed by atoms with E-state index in [-0.39, 0.29) is 18.4 Å². The Labute approximate surface area is 147 Å². The minimum absolute atomic E-state index is 0.0545. The summed E-state index contributed by atoms with van der Waals surface area (Å²) in [7, 11) is 1.86. The maximum atomic E-state index is 12.8. The molecule has 2 heterocycles. The normalized spacial score (nSPS) is 13.9. The van der Waals surface area contributed by atoms with Gasteiger partial charge in [0.2, 0.25) is 0 Å². The first-order chi connectivity index (χ1) is 12.0. The summed E-state index contributed by atoms with van der Waals surface area (Å²) in [4.78, 5) is 28.8. The van der Waals surface area contributed by atoms with Gasteiger partial charge in [-0.25, -0.2) is 0 Å². The largest absolute Gasteiger partial charge is 0.395 e. The minimum Gasteiger partial charge on any atom is -0.395 e. The minimum atomic E-state index is -0.229. The molecule has 1 aromatic heterocycles. The molecule has 0 aliphatic carbocycles. The molecule has 1 aliphatic heterocycles. The molecule has 25 heavy (non-hydrogen) atoms. The van der Waals surface area contributed by atoms with Crippen molar-refractivity contribution in [2.45, 2.75) is 13.8 Å². The summed E-state index contributed by atoms with van der Waals surface area (Å²) in [6.07, 6.45) is 0. The van der Waals surface area contributed by atoms with Crippen LogP contribution in [0.5, 0.6) is 0 Å². The molecule has 3 rings (SSSR count). The first-order valence-electron chi connectivity index (χ1n) is 8.40. The number of para-hydroxylation sites is 1. The van der Waals surface area contributed by atoms with Gasteiger partial charge < -0.3 is 14.6 Å². The van der Waals surface area contributed by atoms with E-state index < -0.39 is 0 Å². The SMILES string of the molecule is Cc1c2c(c(C)n1-c1ccccc1)C(=O)N(CCN(C)CCO)C2=O. The van der Waals surface area contributed by atoms with Crippen molar-refractivity contribution in [2.24, 2.45) is 0 Å². The fourth-order valence-corrected chi connectivity index (χ4v) is 3.44. The molecule has 1 N–H and O–H groups in total. The van der Waals surface area contributed by atoms with Crippen molar-refractivity contribution in [1.82, 2.24) is 14.4 Å². The van der Waals surface area contributed by atoms with E-state index in [0.717, 1.165) is 17.1 Å². The second kappa shape index (κ2) is 6.82. The van der Waals surface area contributed by atoms with Gasteiger partial charge in [0.1, 0.15) is 0 Å². The van der Waals surface area contributed by atoms with Crippen LogP contribution < -0.4 is 0 Å². The van der Waals surface area contributed by atoms with Gasteiger partial charge in [-0.3, -0.25) is 14.5 Å². The van der Waals surface area contributed by atoms with Crippen molar-refractivity contribution in [3.8, 4) is 5.69 Å². The number of hydrogen-bond donors (Lipinski definition) is 1. The lowest BCUT2D eigenvalue weighted by Gasteiger charge is -2.20. The summed E-state index contributed by atoms with van der Waals surface area (Å²) in [5.41, 5.74) is 3.56. The molecule has 0 unspecified atom stereocenters. The number of aliphatic hydroxyl groups is 1. The summed E-state index contributed by atoms with van der Waals surface area (Å²) >= 11 is 0. The van der Waals surface area contributed by atoms with Gasteiger partial charge in [0.15, 0.2) is 0 Å². The van der Waals surface area contributed by atoms with Crippen LogP contribution in [0.15, 0.2) is 30.3 Å². The van der Waals surface area contributed by atoms with Gasteiger partial charge in [0, 0.05) is 36.7 Å². The number of amides is 2. The molecular weight excluding hydrogens is 318 g/mol. The Hall–Kier alpha value is -2.44. The smallest absolute Gasteiger partial charge is 0.263 e. The third-order valence-corrected chi connectivity index (χ3v) is 4.76. The number of rotatable bonds is 6. The van der Waals surface area contributed by atoms with Gasteiger partial charge in [-0.15, -0.1) is 0 Å². The maximum Gasteiger partial charge on any atom is 0.263 e. The zero-order valence-corrected chi connectivity index (χ0v) is 14.8. The van der Waals surface area contributed by atoms with Gasteiger partial charge >= 0.3 is 0 Å². The van der Waals surface area contributed by atoms with Gasteiger partial charge in [0.05, 0.1) is 17.7 Å². The fourth-order valence-electron chi connectivity index (χ4n) is 3.44. The van der Waals surface area contributed by atoms with E-state index >= 15 is 0 Å². The summed E-state index contributed by atoms with van der Waals surface area (Å²) < 4.78 is 1.97. The molecule has 0 saturated heterocycles. The van der Waals surface area contributed by atoms with Crippen LogP contribution in [-0.4, -0.2) is 64.6 Å². The van der Waals surface area contributed by atoms with E-state index in [9.17, 15) is 9.59 Å². The van der Waals surface area contributed by atoms with Crippen LogP contribution in [0.25, 0.3) is 5.69 Å². The van der Waals surface area contributed by atoms with Crippen molar-refractivity contribution in [3.05, 3.63) is 52.8 Å². The van der Waals surface area contributed by atoms with Crippen LogP contribution in [0, 0.1) is 13.8 Å². The molecule has 0 spiro atoms. The first-order valence-corrected chi connectivity index (χ1v) is 8.40. The number of aliphatic hydroxyl groups excluding tert-OH is 1. The number of imide groups is 1. The quantitative estimate of drug-likeness (QED) is 0.811. The van der Waals surface area contributed by atoms with Gasteiger partial charge in [0.25, 0.3) is 11.8 Å². The molecule has 0 radical (unpaired) electrons. The summed E-state index contributed by atoms with van der Waals surface area (Å²) in [6, 6.07) is 9.74. The van der Waals surface area contributed by atoms with E-state index in [1.54, 1.807) is 0 Å². The maximum absolute atomic E-state index is 12.8. The third-order valence-electron chi connectivity index (χ3n) is 4.76. The van der Waals surface area contributed by atoms with Crippen molar-refractivity contribution in [2.75, 3.05) is 33.3 Å². The summed E-state index contributed by atoms with van der Waals surface area (Å²) in [6.45, 7) is 5.20. The monoisotopic (exact) mass is 341 g/mol. The molecule has 6 heteroatoms. The lowest BCUT2D eigenvalue weighted by Crippen LogP contribution is -2.38. The highest BCUT2D eigenvalue weighted by Gasteiger charge is 2.41. The van der Waals surface area contributed by atoms with Crippen LogP contribution in [0.3, 0.4) is 0 Å². The van der Waals surface area contributed by atoms with Crippen LogP contribution in [0.2, 0.25) is 0 Å². The fraction of sp³-hybridized carbons (Fsp3) is 0.368. The Morgan fingerprint density at radius 1 is 0.960 bits per heavy atom. The average molecular weight is 341 g/mol. The van der Waals surface area contributed by atoms with Crippen molar-refractivity contribution in [3.63, 3.8) is 0 Å². The van der Waals surface area contributed by atoms with E-state index in [1.165, 1.54) is 4.90 Å². The molecule has 0 saturated carbocycles.